The molecule has 2 unspecified atom stereocenters. The van der Waals surface area contributed by atoms with Crippen molar-refractivity contribution in [3.8, 4) is 0 Å². The molecule has 2 aromatic rings. The molecule has 0 fully saturated rings. The Morgan fingerprint density at radius 3 is 2.69 bits per heavy atom. The zero-order valence-electron chi connectivity index (χ0n) is 18.0. The van der Waals surface area contributed by atoms with Crippen LogP contribution >= 0.6 is 11.6 Å². The Morgan fingerprint density at radius 2 is 2.00 bits per heavy atom. The van der Waals surface area contributed by atoms with Crippen molar-refractivity contribution in [2.45, 2.75) is 44.9 Å². The molecule has 6 nitrogen and oxygen atoms in total. The van der Waals surface area contributed by atoms with Gasteiger partial charge in [0, 0.05) is 37.5 Å². The van der Waals surface area contributed by atoms with Gasteiger partial charge in [0.25, 0.3) is 0 Å². The molecule has 0 bridgehead atoms. The second-order valence-corrected chi connectivity index (χ2v) is 8.32. The van der Waals surface area contributed by atoms with Crippen molar-refractivity contribution in [3.05, 3.63) is 70.5 Å². The van der Waals surface area contributed by atoms with E-state index in [9.17, 15) is 14.3 Å². The number of aliphatic hydroxyl groups is 1. The summed E-state index contributed by atoms with van der Waals surface area (Å²) >= 11 is 5.96. The third-order valence-electron chi connectivity index (χ3n) is 5.05. The minimum Gasteiger partial charge on any atom is -0.463 e. The predicted octanol–water partition coefficient (Wildman–Crippen LogP) is 4.18. The van der Waals surface area contributed by atoms with E-state index in [0.29, 0.717) is 37.4 Å². The molecule has 0 saturated carbocycles. The second kappa shape index (κ2) is 11.9. The van der Waals surface area contributed by atoms with Crippen LogP contribution in [0.4, 0.5) is 4.39 Å². The van der Waals surface area contributed by atoms with Crippen LogP contribution in [-0.2, 0) is 20.9 Å². The van der Waals surface area contributed by atoms with Crippen molar-refractivity contribution in [2.75, 3.05) is 19.7 Å². The number of hydrogen-bond acceptors (Lipinski definition) is 6. The van der Waals surface area contributed by atoms with E-state index in [2.05, 4.69) is 5.16 Å². The lowest BCUT2D eigenvalue weighted by Crippen LogP contribution is -2.39. The number of oxime groups is 1. The normalized spacial score (nSPS) is 16.5. The van der Waals surface area contributed by atoms with Crippen molar-refractivity contribution >= 4 is 23.3 Å². The third-order valence-corrected chi connectivity index (χ3v) is 5.30. The molecule has 0 spiro atoms. The maximum absolute atomic E-state index is 13.3. The molecule has 2 aromatic carbocycles. The van der Waals surface area contributed by atoms with Crippen LogP contribution in [0.3, 0.4) is 0 Å². The first-order valence-corrected chi connectivity index (χ1v) is 11.1. The Morgan fingerprint density at radius 1 is 1.28 bits per heavy atom. The van der Waals surface area contributed by atoms with Crippen LogP contribution in [-0.4, -0.2) is 53.6 Å². The number of ether oxygens (including phenoxy) is 1. The van der Waals surface area contributed by atoms with Gasteiger partial charge in [0.1, 0.15) is 24.6 Å². The highest BCUT2D eigenvalue weighted by Gasteiger charge is 2.26. The molecule has 172 valence electrons. The predicted molar refractivity (Wildman–Crippen MR) is 121 cm³/mol. The van der Waals surface area contributed by atoms with Crippen molar-refractivity contribution in [1.29, 1.82) is 0 Å². The Labute approximate surface area is 192 Å². The highest BCUT2D eigenvalue weighted by atomic mass is 35.5. The Kier molecular flexibility index (Phi) is 9.02. The van der Waals surface area contributed by atoms with Crippen molar-refractivity contribution < 1.29 is 23.9 Å². The summed E-state index contributed by atoms with van der Waals surface area (Å²) in [6, 6.07) is 13.7. The van der Waals surface area contributed by atoms with Crippen LogP contribution in [0, 0.1) is 5.82 Å². The fraction of sp³-hybridized carbons (Fsp3) is 0.417. The van der Waals surface area contributed by atoms with E-state index in [0.717, 1.165) is 16.8 Å². The van der Waals surface area contributed by atoms with Gasteiger partial charge in [0.15, 0.2) is 0 Å². The molecule has 8 heteroatoms. The van der Waals surface area contributed by atoms with Crippen LogP contribution in [0.15, 0.2) is 53.7 Å². The minimum absolute atomic E-state index is 0.0726. The summed E-state index contributed by atoms with van der Waals surface area (Å²) in [6.07, 6.45) is 0.585. The number of hydrogen-bond donors (Lipinski definition) is 1. The number of nitrogens with zero attached hydrogens (tertiary/aromatic N) is 2. The molecule has 1 aliphatic rings. The molecule has 0 radical (unpaired) electrons. The monoisotopic (exact) mass is 462 g/mol. The smallest absolute Gasteiger partial charge is 0.305 e. The van der Waals surface area contributed by atoms with Gasteiger partial charge in [-0.25, -0.2) is 4.39 Å². The lowest BCUT2D eigenvalue weighted by molar-refractivity contribution is -0.147. The fourth-order valence-electron chi connectivity index (χ4n) is 3.49. The van der Waals surface area contributed by atoms with Crippen LogP contribution in [0.5, 0.6) is 0 Å². The number of benzene rings is 2. The number of carbonyl (C=O) groups excluding carboxylic acids is 1. The average molecular weight is 463 g/mol. The lowest BCUT2D eigenvalue weighted by atomic mass is 10.0. The SMILES string of the molecule is CCCC(=O)OCC(O)CN(Cc1ccc(F)cc1)CC1CC(c2ccc(Cl)cc2)=NO1. The number of carbonyl (C=O) groups is 1. The highest BCUT2D eigenvalue weighted by Crippen LogP contribution is 2.20. The molecule has 0 aliphatic carbocycles. The number of halogens is 2. The molecule has 32 heavy (non-hydrogen) atoms. The van der Waals surface area contributed by atoms with E-state index in [1.165, 1.54) is 12.1 Å². The van der Waals surface area contributed by atoms with E-state index in [4.69, 9.17) is 21.2 Å². The Balaban J connectivity index is 1.59. The molecule has 0 saturated heterocycles. The van der Waals surface area contributed by atoms with Gasteiger partial charge in [0.2, 0.25) is 0 Å². The summed E-state index contributed by atoms with van der Waals surface area (Å²) < 4.78 is 18.4. The van der Waals surface area contributed by atoms with Gasteiger partial charge in [-0.15, -0.1) is 0 Å². The maximum Gasteiger partial charge on any atom is 0.305 e. The third kappa shape index (κ3) is 7.58. The van der Waals surface area contributed by atoms with Crippen molar-refractivity contribution in [2.24, 2.45) is 5.16 Å². The molecule has 1 aliphatic heterocycles. The van der Waals surface area contributed by atoms with Crippen LogP contribution in [0.2, 0.25) is 5.02 Å². The first-order chi connectivity index (χ1) is 15.4. The second-order valence-electron chi connectivity index (χ2n) is 7.88. The van der Waals surface area contributed by atoms with E-state index >= 15 is 0 Å². The molecule has 0 aromatic heterocycles. The lowest BCUT2D eigenvalue weighted by Gasteiger charge is -2.27. The summed E-state index contributed by atoms with van der Waals surface area (Å²) in [4.78, 5) is 19.2. The molecule has 0 amide bonds. The van der Waals surface area contributed by atoms with Gasteiger partial charge in [-0.2, -0.15) is 0 Å². The van der Waals surface area contributed by atoms with Gasteiger partial charge >= 0.3 is 5.97 Å². The number of rotatable bonds is 11. The van der Waals surface area contributed by atoms with Gasteiger partial charge < -0.3 is 14.7 Å². The number of esters is 1. The fourth-order valence-corrected chi connectivity index (χ4v) is 3.62. The van der Waals surface area contributed by atoms with Gasteiger partial charge in [-0.3, -0.25) is 9.69 Å². The van der Waals surface area contributed by atoms with E-state index in [1.54, 1.807) is 12.1 Å². The standard InChI is InChI=1S/C24H28ClFN2O4/c1-2-3-24(30)31-16-21(29)14-28(13-17-4-10-20(26)11-5-17)15-22-12-23(27-32-22)18-6-8-19(25)9-7-18/h4-11,21-22,29H,2-3,12-16H2,1H3. The maximum atomic E-state index is 13.3. The molecule has 1 N–H and O–H groups in total. The van der Waals surface area contributed by atoms with E-state index in [1.807, 2.05) is 36.1 Å². The van der Waals surface area contributed by atoms with Gasteiger partial charge in [0.05, 0.1) is 5.71 Å². The molecular weight excluding hydrogens is 435 g/mol. The van der Waals surface area contributed by atoms with Crippen molar-refractivity contribution in [1.82, 2.24) is 4.90 Å². The Bertz CT molecular complexity index is 905. The molecule has 2 atom stereocenters. The zero-order valence-corrected chi connectivity index (χ0v) is 18.8. The van der Waals surface area contributed by atoms with Crippen LogP contribution in [0.25, 0.3) is 0 Å². The summed E-state index contributed by atoms with van der Waals surface area (Å²) in [7, 11) is 0. The largest absolute Gasteiger partial charge is 0.463 e. The highest BCUT2D eigenvalue weighted by molar-refractivity contribution is 6.30. The van der Waals surface area contributed by atoms with E-state index < -0.39 is 6.10 Å². The minimum atomic E-state index is -0.852. The molecule has 1 heterocycles. The quantitative estimate of drug-likeness (QED) is 0.507. The van der Waals surface area contributed by atoms with Crippen LogP contribution < -0.4 is 0 Å². The first kappa shape index (κ1) is 24.2. The summed E-state index contributed by atoms with van der Waals surface area (Å²) in [5.41, 5.74) is 2.69. The van der Waals surface area contributed by atoms with E-state index in [-0.39, 0.29) is 31.0 Å². The molecular formula is C24H28ClFN2O4. The van der Waals surface area contributed by atoms with Crippen LogP contribution in [0.1, 0.15) is 37.3 Å². The summed E-state index contributed by atoms with van der Waals surface area (Å²) in [5, 5.41) is 15.3. The van der Waals surface area contributed by atoms with Gasteiger partial charge in [-0.1, -0.05) is 47.9 Å². The number of aliphatic hydroxyl groups excluding tert-OH is 1. The summed E-state index contributed by atoms with van der Waals surface area (Å²) in [5.74, 6) is -0.625. The first-order valence-electron chi connectivity index (χ1n) is 10.7. The summed E-state index contributed by atoms with van der Waals surface area (Å²) in [6.45, 7) is 3.07. The average Bonchev–Trinajstić information content (AvgIpc) is 3.23. The molecule has 3 rings (SSSR count). The topological polar surface area (TPSA) is 71.4 Å². The zero-order chi connectivity index (χ0) is 22.9. The van der Waals surface area contributed by atoms with Crippen molar-refractivity contribution in [3.63, 3.8) is 0 Å². The van der Waals surface area contributed by atoms with Gasteiger partial charge in [-0.05, 0) is 41.8 Å². The Hall–Kier alpha value is -2.48.